The molecule has 0 unspecified atom stereocenters. The van der Waals surface area contributed by atoms with Crippen molar-refractivity contribution in [2.45, 2.75) is 6.54 Å². The molecule has 10 nitrogen and oxygen atoms in total. The number of methoxy groups -OCH3 is 3. The predicted octanol–water partition coefficient (Wildman–Crippen LogP) is 1.71. The van der Waals surface area contributed by atoms with Crippen molar-refractivity contribution in [3.63, 3.8) is 0 Å². The van der Waals surface area contributed by atoms with Gasteiger partial charge < -0.3 is 34.1 Å². The molecule has 1 N–H and O–H groups in total. The van der Waals surface area contributed by atoms with Crippen molar-refractivity contribution in [2.75, 3.05) is 60.5 Å². The Bertz CT molecular complexity index is 981. The van der Waals surface area contributed by atoms with Crippen LogP contribution in [0.25, 0.3) is 0 Å². The Kier molecular flexibility index (Phi) is 9.54. The Labute approximate surface area is 199 Å². The molecular weight excluding hydrogens is 442 g/mol. The number of carbonyl (C=O) groups is 3. The van der Waals surface area contributed by atoms with Crippen LogP contribution in [0.5, 0.6) is 17.2 Å². The minimum absolute atomic E-state index is 0.207. The molecule has 2 amide bonds. The van der Waals surface area contributed by atoms with Gasteiger partial charge in [-0.25, -0.2) is 0 Å². The minimum atomic E-state index is -0.738. The van der Waals surface area contributed by atoms with Gasteiger partial charge in [0.15, 0.2) is 18.1 Å². The van der Waals surface area contributed by atoms with Gasteiger partial charge >= 0.3 is 5.97 Å². The number of amides is 2. The predicted molar refractivity (Wildman–Crippen MR) is 127 cm³/mol. The van der Waals surface area contributed by atoms with Crippen LogP contribution in [0.4, 0.5) is 5.69 Å². The lowest BCUT2D eigenvalue weighted by atomic mass is 10.1. The molecule has 34 heavy (non-hydrogen) atoms. The number of ether oxygens (including phenoxy) is 4. The van der Waals surface area contributed by atoms with E-state index in [0.29, 0.717) is 23.8 Å². The third kappa shape index (κ3) is 7.03. The van der Waals surface area contributed by atoms with E-state index in [1.807, 2.05) is 43.3 Å². The first-order chi connectivity index (χ1) is 16.2. The zero-order valence-corrected chi connectivity index (χ0v) is 20.3. The standard InChI is InChI=1S/C24H31N3O7/c1-26(2)18-9-7-16(8-10-18)14-27(3)21(28)15-34-22(29)13-25-24(30)17-11-19(31-4)23(33-6)20(12-17)32-5/h7-12H,13-15H2,1-6H3,(H,25,30). The third-order valence-electron chi connectivity index (χ3n) is 4.98. The first-order valence-electron chi connectivity index (χ1n) is 10.4. The van der Waals surface area contributed by atoms with Crippen molar-refractivity contribution in [3.05, 3.63) is 47.5 Å². The number of benzene rings is 2. The van der Waals surface area contributed by atoms with E-state index in [4.69, 9.17) is 18.9 Å². The fourth-order valence-corrected chi connectivity index (χ4v) is 3.03. The second-order valence-electron chi connectivity index (χ2n) is 7.57. The summed E-state index contributed by atoms with van der Waals surface area (Å²) in [6.45, 7) is -0.453. The van der Waals surface area contributed by atoms with Crippen LogP contribution >= 0.6 is 0 Å². The zero-order valence-electron chi connectivity index (χ0n) is 20.3. The average molecular weight is 474 g/mol. The van der Waals surface area contributed by atoms with Crippen molar-refractivity contribution in [1.29, 1.82) is 0 Å². The van der Waals surface area contributed by atoms with E-state index in [-0.39, 0.29) is 11.5 Å². The minimum Gasteiger partial charge on any atom is -0.493 e. The molecule has 0 heterocycles. The van der Waals surface area contributed by atoms with Gasteiger partial charge in [0.05, 0.1) is 21.3 Å². The summed E-state index contributed by atoms with van der Waals surface area (Å²) < 4.78 is 20.7. The van der Waals surface area contributed by atoms with Gasteiger partial charge in [-0.05, 0) is 29.8 Å². The Morgan fingerprint density at radius 3 is 1.97 bits per heavy atom. The van der Waals surface area contributed by atoms with Gasteiger partial charge in [-0.3, -0.25) is 14.4 Å². The number of carbonyl (C=O) groups excluding carboxylic acids is 3. The maximum absolute atomic E-state index is 12.5. The summed E-state index contributed by atoms with van der Waals surface area (Å²) in [5, 5.41) is 2.45. The van der Waals surface area contributed by atoms with Crippen molar-refractivity contribution in [1.82, 2.24) is 10.2 Å². The highest BCUT2D eigenvalue weighted by Gasteiger charge is 2.18. The van der Waals surface area contributed by atoms with Crippen LogP contribution in [-0.4, -0.2) is 78.3 Å². The highest BCUT2D eigenvalue weighted by atomic mass is 16.5. The summed E-state index contributed by atoms with van der Waals surface area (Å²) in [6.07, 6.45) is 0. The van der Waals surface area contributed by atoms with Crippen LogP contribution in [0, 0.1) is 0 Å². The molecule has 2 rings (SSSR count). The van der Waals surface area contributed by atoms with Crippen molar-refractivity contribution < 1.29 is 33.3 Å². The van der Waals surface area contributed by atoms with Crippen LogP contribution in [0.15, 0.2) is 36.4 Å². The van der Waals surface area contributed by atoms with Crippen LogP contribution in [-0.2, 0) is 20.9 Å². The van der Waals surface area contributed by atoms with Crippen LogP contribution in [0.1, 0.15) is 15.9 Å². The van der Waals surface area contributed by atoms with E-state index in [2.05, 4.69) is 5.32 Å². The Morgan fingerprint density at radius 2 is 1.47 bits per heavy atom. The van der Waals surface area contributed by atoms with Crippen molar-refractivity contribution >= 4 is 23.5 Å². The van der Waals surface area contributed by atoms with E-state index in [0.717, 1.165) is 11.3 Å². The summed E-state index contributed by atoms with van der Waals surface area (Å²) in [4.78, 5) is 40.2. The van der Waals surface area contributed by atoms with Gasteiger partial charge in [0, 0.05) is 38.9 Å². The molecule has 0 aliphatic carbocycles. The van der Waals surface area contributed by atoms with E-state index >= 15 is 0 Å². The van der Waals surface area contributed by atoms with Gasteiger partial charge in [-0.15, -0.1) is 0 Å². The SMILES string of the molecule is COc1cc(C(=O)NCC(=O)OCC(=O)N(C)Cc2ccc(N(C)C)cc2)cc(OC)c1OC. The molecule has 0 aliphatic rings. The second kappa shape index (κ2) is 12.3. The summed E-state index contributed by atoms with van der Waals surface area (Å²) in [5.41, 5.74) is 2.21. The maximum atomic E-state index is 12.5. The lowest BCUT2D eigenvalue weighted by Crippen LogP contribution is -2.34. The molecular formula is C24H31N3O7. The summed E-state index contributed by atoms with van der Waals surface area (Å²) in [5.74, 6) is -0.684. The molecule has 184 valence electrons. The summed E-state index contributed by atoms with van der Waals surface area (Å²) >= 11 is 0. The number of hydrogen-bond donors (Lipinski definition) is 1. The fraction of sp³-hybridized carbons (Fsp3) is 0.375. The van der Waals surface area contributed by atoms with Gasteiger partial charge in [-0.1, -0.05) is 12.1 Å². The quantitative estimate of drug-likeness (QED) is 0.492. The monoisotopic (exact) mass is 473 g/mol. The van der Waals surface area contributed by atoms with E-state index in [9.17, 15) is 14.4 Å². The molecule has 0 radical (unpaired) electrons. The number of hydrogen-bond acceptors (Lipinski definition) is 8. The summed E-state index contributed by atoms with van der Waals surface area (Å²) in [6, 6.07) is 10.7. The number of anilines is 1. The van der Waals surface area contributed by atoms with Crippen LogP contribution < -0.4 is 24.4 Å². The van der Waals surface area contributed by atoms with Crippen molar-refractivity contribution in [3.8, 4) is 17.2 Å². The molecule has 0 aromatic heterocycles. The molecule has 0 saturated carbocycles. The molecule has 2 aromatic rings. The Balaban J connectivity index is 1.84. The van der Waals surface area contributed by atoms with Gasteiger partial charge in [-0.2, -0.15) is 0 Å². The lowest BCUT2D eigenvalue weighted by Gasteiger charge is -2.18. The molecule has 10 heteroatoms. The number of nitrogens with zero attached hydrogens (tertiary/aromatic N) is 2. The molecule has 0 aliphatic heterocycles. The van der Waals surface area contributed by atoms with Crippen LogP contribution in [0.2, 0.25) is 0 Å². The Hall–Kier alpha value is -3.95. The molecule has 0 spiro atoms. The van der Waals surface area contributed by atoms with Gasteiger partial charge in [0.2, 0.25) is 5.75 Å². The molecule has 0 atom stereocenters. The average Bonchev–Trinajstić information content (AvgIpc) is 2.84. The third-order valence-corrected chi connectivity index (χ3v) is 4.98. The summed E-state index contributed by atoms with van der Waals surface area (Å²) in [7, 11) is 9.85. The topological polar surface area (TPSA) is 107 Å². The lowest BCUT2D eigenvalue weighted by molar-refractivity contribution is -0.150. The van der Waals surface area contributed by atoms with E-state index in [1.54, 1.807) is 7.05 Å². The van der Waals surface area contributed by atoms with Gasteiger partial charge in [0.25, 0.3) is 11.8 Å². The first kappa shape index (κ1) is 26.3. The molecule has 0 fully saturated rings. The van der Waals surface area contributed by atoms with Crippen LogP contribution in [0.3, 0.4) is 0 Å². The highest BCUT2D eigenvalue weighted by molar-refractivity contribution is 5.97. The normalized spacial score (nSPS) is 10.2. The molecule has 0 bridgehead atoms. The van der Waals surface area contributed by atoms with E-state index < -0.39 is 25.0 Å². The van der Waals surface area contributed by atoms with Gasteiger partial charge in [0.1, 0.15) is 6.54 Å². The number of nitrogens with one attached hydrogen (secondary N) is 1. The number of likely N-dealkylation sites (N-methyl/N-ethyl adjacent to an activating group) is 1. The smallest absolute Gasteiger partial charge is 0.325 e. The number of rotatable bonds is 11. The maximum Gasteiger partial charge on any atom is 0.325 e. The van der Waals surface area contributed by atoms with E-state index in [1.165, 1.54) is 38.4 Å². The highest BCUT2D eigenvalue weighted by Crippen LogP contribution is 2.38. The molecule has 0 saturated heterocycles. The zero-order chi connectivity index (χ0) is 25.3. The first-order valence-corrected chi connectivity index (χ1v) is 10.4. The fourth-order valence-electron chi connectivity index (χ4n) is 3.03. The largest absolute Gasteiger partial charge is 0.493 e. The van der Waals surface area contributed by atoms with Crippen molar-refractivity contribution in [2.24, 2.45) is 0 Å². The second-order valence-corrected chi connectivity index (χ2v) is 7.57. The Morgan fingerprint density at radius 1 is 0.882 bits per heavy atom. The molecule has 2 aromatic carbocycles. The number of esters is 1.